The molecule has 0 aromatic heterocycles. The summed E-state index contributed by atoms with van der Waals surface area (Å²) in [6.07, 6.45) is 3.37. The average molecular weight is 249 g/mol. The van der Waals surface area contributed by atoms with E-state index in [2.05, 4.69) is 10.6 Å². The van der Waals surface area contributed by atoms with E-state index in [4.69, 9.17) is 0 Å². The summed E-state index contributed by atoms with van der Waals surface area (Å²) in [5.41, 5.74) is 0.310. The van der Waals surface area contributed by atoms with E-state index in [0.717, 1.165) is 0 Å². The fourth-order valence-electron chi connectivity index (χ4n) is 1.18. The highest BCUT2D eigenvalue weighted by molar-refractivity contribution is 5.90. The summed E-state index contributed by atoms with van der Waals surface area (Å²) in [6, 6.07) is 5.32. The third-order valence-corrected chi connectivity index (χ3v) is 2.01. The number of non-ortho nitro benzene ring substituents is 1. The minimum Gasteiger partial charge on any atom is -0.315 e. The summed E-state index contributed by atoms with van der Waals surface area (Å²) in [4.78, 5) is 21.5. The van der Waals surface area contributed by atoms with Crippen molar-refractivity contribution in [1.82, 2.24) is 5.32 Å². The molecule has 1 aromatic rings. The van der Waals surface area contributed by atoms with Gasteiger partial charge in [-0.05, 0) is 12.0 Å². The summed E-state index contributed by atoms with van der Waals surface area (Å²) in [6.45, 7) is 3.97. The number of hydrogen-bond acceptors (Lipinski definition) is 3. The Labute approximate surface area is 105 Å². The lowest BCUT2D eigenvalue weighted by molar-refractivity contribution is -0.384. The van der Waals surface area contributed by atoms with Gasteiger partial charge in [0.25, 0.3) is 5.69 Å². The number of carbonyl (C=O) groups excluding carboxylic acids is 1. The molecule has 2 amide bonds. The maximum Gasteiger partial charge on any atom is 0.323 e. The first-order valence-electron chi connectivity index (χ1n) is 5.47. The van der Waals surface area contributed by atoms with Gasteiger partial charge in [0.1, 0.15) is 0 Å². The van der Waals surface area contributed by atoms with E-state index in [9.17, 15) is 14.9 Å². The third kappa shape index (κ3) is 4.65. The van der Waals surface area contributed by atoms with Crippen LogP contribution in [0, 0.1) is 16.0 Å². The van der Waals surface area contributed by atoms with Gasteiger partial charge in [0.2, 0.25) is 0 Å². The number of nitro groups is 1. The van der Waals surface area contributed by atoms with Crippen LogP contribution in [-0.2, 0) is 0 Å². The molecule has 0 radical (unpaired) electrons. The Morgan fingerprint density at radius 1 is 1.44 bits per heavy atom. The van der Waals surface area contributed by atoms with Gasteiger partial charge in [-0.25, -0.2) is 4.79 Å². The van der Waals surface area contributed by atoms with Gasteiger partial charge in [-0.1, -0.05) is 26.0 Å². The number of carbonyl (C=O) groups is 1. The SMILES string of the molecule is CC(C)/C=C/NC(=O)Nc1cccc([N+](=O)[O-])c1. The van der Waals surface area contributed by atoms with Crippen molar-refractivity contribution >= 4 is 17.4 Å². The van der Waals surface area contributed by atoms with Crippen molar-refractivity contribution in [2.45, 2.75) is 13.8 Å². The standard InChI is InChI=1S/C12H15N3O3/c1-9(2)6-7-13-12(16)14-10-4-3-5-11(8-10)15(17)18/h3-9H,1-2H3,(H2,13,14,16)/b7-6+. The molecule has 0 atom stereocenters. The van der Waals surface area contributed by atoms with E-state index in [0.29, 0.717) is 11.6 Å². The van der Waals surface area contributed by atoms with Crippen LogP contribution in [0.1, 0.15) is 13.8 Å². The Bertz CT molecular complexity index is 469. The van der Waals surface area contributed by atoms with Crippen LogP contribution in [0.3, 0.4) is 0 Å². The second-order valence-electron chi connectivity index (χ2n) is 4.01. The van der Waals surface area contributed by atoms with Crippen molar-refractivity contribution < 1.29 is 9.72 Å². The van der Waals surface area contributed by atoms with Gasteiger partial charge in [-0.2, -0.15) is 0 Å². The molecule has 6 heteroatoms. The normalized spacial score (nSPS) is 10.6. The first-order chi connectivity index (χ1) is 8.49. The summed E-state index contributed by atoms with van der Waals surface area (Å²) in [5, 5.41) is 15.6. The smallest absolute Gasteiger partial charge is 0.315 e. The van der Waals surface area contributed by atoms with Gasteiger partial charge in [0.05, 0.1) is 4.92 Å². The quantitative estimate of drug-likeness (QED) is 0.635. The number of rotatable bonds is 4. The van der Waals surface area contributed by atoms with E-state index in [-0.39, 0.29) is 5.69 Å². The molecule has 1 aromatic carbocycles. The topological polar surface area (TPSA) is 84.3 Å². The Balaban J connectivity index is 2.59. The average Bonchev–Trinajstić information content (AvgIpc) is 2.28. The maximum atomic E-state index is 11.4. The van der Waals surface area contributed by atoms with Gasteiger partial charge < -0.3 is 10.6 Å². The molecule has 0 heterocycles. The van der Waals surface area contributed by atoms with Crippen LogP contribution in [0.15, 0.2) is 36.5 Å². The minimum absolute atomic E-state index is 0.0643. The summed E-state index contributed by atoms with van der Waals surface area (Å²) in [5.74, 6) is 0.336. The zero-order valence-corrected chi connectivity index (χ0v) is 10.2. The van der Waals surface area contributed by atoms with Crippen LogP contribution in [0.25, 0.3) is 0 Å². The molecule has 0 saturated carbocycles. The number of anilines is 1. The zero-order valence-electron chi connectivity index (χ0n) is 10.2. The van der Waals surface area contributed by atoms with Crippen molar-refractivity contribution in [3.8, 4) is 0 Å². The molecule has 0 bridgehead atoms. The molecule has 2 N–H and O–H groups in total. The monoisotopic (exact) mass is 249 g/mol. The van der Waals surface area contributed by atoms with Crippen molar-refractivity contribution in [2.24, 2.45) is 5.92 Å². The fraction of sp³-hybridized carbons (Fsp3) is 0.250. The van der Waals surface area contributed by atoms with Crippen LogP contribution < -0.4 is 10.6 Å². The van der Waals surface area contributed by atoms with Crippen molar-refractivity contribution in [3.63, 3.8) is 0 Å². The van der Waals surface area contributed by atoms with Gasteiger partial charge in [-0.15, -0.1) is 0 Å². The van der Waals surface area contributed by atoms with Gasteiger partial charge in [0, 0.05) is 24.0 Å². The first kappa shape index (κ1) is 13.7. The predicted octanol–water partition coefficient (Wildman–Crippen LogP) is 2.89. The molecular weight excluding hydrogens is 234 g/mol. The van der Waals surface area contributed by atoms with Crippen LogP contribution in [0.4, 0.5) is 16.2 Å². The van der Waals surface area contributed by atoms with Crippen LogP contribution >= 0.6 is 0 Å². The molecule has 0 spiro atoms. The summed E-state index contributed by atoms with van der Waals surface area (Å²) >= 11 is 0. The van der Waals surface area contributed by atoms with Crippen molar-refractivity contribution in [1.29, 1.82) is 0 Å². The predicted molar refractivity (Wildman–Crippen MR) is 69.2 cm³/mol. The number of nitrogens with one attached hydrogen (secondary N) is 2. The largest absolute Gasteiger partial charge is 0.323 e. The molecule has 18 heavy (non-hydrogen) atoms. The molecule has 0 unspecified atom stereocenters. The fourth-order valence-corrected chi connectivity index (χ4v) is 1.18. The molecule has 1 rings (SSSR count). The number of hydrogen-bond donors (Lipinski definition) is 2. The van der Waals surface area contributed by atoms with E-state index in [1.54, 1.807) is 6.07 Å². The van der Waals surface area contributed by atoms with Crippen LogP contribution in [-0.4, -0.2) is 11.0 Å². The Morgan fingerprint density at radius 3 is 2.78 bits per heavy atom. The second kappa shape index (κ2) is 6.39. The summed E-state index contributed by atoms with van der Waals surface area (Å²) < 4.78 is 0. The van der Waals surface area contributed by atoms with Crippen LogP contribution in [0.2, 0.25) is 0 Å². The lowest BCUT2D eigenvalue weighted by Crippen LogP contribution is -2.23. The lowest BCUT2D eigenvalue weighted by atomic mass is 10.2. The number of urea groups is 1. The van der Waals surface area contributed by atoms with Crippen molar-refractivity contribution in [2.75, 3.05) is 5.32 Å². The summed E-state index contributed by atoms with van der Waals surface area (Å²) in [7, 11) is 0. The lowest BCUT2D eigenvalue weighted by Gasteiger charge is -2.04. The van der Waals surface area contributed by atoms with Gasteiger partial charge in [-0.3, -0.25) is 10.1 Å². The highest BCUT2D eigenvalue weighted by Gasteiger charge is 2.06. The molecule has 0 fully saturated rings. The maximum absolute atomic E-state index is 11.4. The molecule has 0 aliphatic heterocycles. The third-order valence-electron chi connectivity index (χ3n) is 2.01. The molecule has 6 nitrogen and oxygen atoms in total. The molecule has 0 aliphatic carbocycles. The van der Waals surface area contributed by atoms with E-state index < -0.39 is 11.0 Å². The van der Waals surface area contributed by atoms with Crippen LogP contribution in [0.5, 0.6) is 0 Å². The van der Waals surface area contributed by atoms with Gasteiger partial charge >= 0.3 is 6.03 Å². The zero-order chi connectivity index (χ0) is 13.5. The first-order valence-corrected chi connectivity index (χ1v) is 5.47. The Morgan fingerprint density at radius 2 is 2.17 bits per heavy atom. The van der Waals surface area contributed by atoms with E-state index >= 15 is 0 Å². The Kier molecular flexibility index (Phi) is 4.86. The number of allylic oxidation sites excluding steroid dienone is 1. The van der Waals surface area contributed by atoms with Crippen molar-refractivity contribution in [3.05, 3.63) is 46.7 Å². The highest BCUT2D eigenvalue weighted by Crippen LogP contribution is 2.16. The minimum atomic E-state index is -0.512. The molecule has 0 saturated heterocycles. The second-order valence-corrected chi connectivity index (χ2v) is 4.01. The van der Waals surface area contributed by atoms with E-state index in [1.807, 2.05) is 19.9 Å². The van der Waals surface area contributed by atoms with E-state index in [1.165, 1.54) is 24.4 Å². The number of benzene rings is 1. The Hall–Kier alpha value is -2.37. The molecule has 0 aliphatic rings. The molecule has 96 valence electrons. The number of nitrogens with zero attached hydrogens (tertiary/aromatic N) is 1. The highest BCUT2D eigenvalue weighted by atomic mass is 16.6. The number of nitro benzene ring substituents is 1. The number of amides is 2. The van der Waals surface area contributed by atoms with Gasteiger partial charge in [0.15, 0.2) is 0 Å². The molecular formula is C12H15N3O3.